The summed E-state index contributed by atoms with van der Waals surface area (Å²) in [6, 6.07) is 14.1. The number of fused-ring (bicyclic) bond motifs is 1. The molecule has 3 rings (SSSR count). The Labute approximate surface area is 135 Å². The van der Waals surface area contributed by atoms with Crippen molar-refractivity contribution in [1.82, 2.24) is 5.32 Å². The van der Waals surface area contributed by atoms with Gasteiger partial charge in [0.15, 0.2) is 15.9 Å². The van der Waals surface area contributed by atoms with Crippen molar-refractivity contribution in [1.29, 1.82) is 0 Å². The predicted octanol–water partition coefficient (Wildman–Crippen LogP) is 1.71. The fraction of sp³-hybridized carbons (Fsp3) is 0.235. The monoisotopic (exact) mass is 331 g/mol. The number of hydrogen-bond acceptors (Lipinski definition) is 4. The van der Waals surface area contributed by atoms with Gasteiger partial charge >= 0.3 is 0 Å². The summed E-state index contributed by atoms with van der Waals surface area (Å²) in [5.41, 5.74) is 1.87. The largest absolute Gasteiger partial charge is 0.480 e. The highest BCUT2D eigenvalue weighted by Gasteiger charge is 2.28. The first-order valence-electron chi connectivity index (χ1n) is 7.25. The predicted molar refractivity (Wildman–Crippen MR) is 86.0 cm³/mol. The second-order valence-corrected chi connectivity index (χ2v) is 7.57. The highest BCUT2D eigenvalue weighted by atomic mass is 32.2. The van der Waals surface area contributed by atoms with Crippen molar-refractivity contribution >= 4 is 15.7 Å². The lowest BCUT2D eigenvalue weighted by atomic mass is 10.1. The number of carbonyl (C=O) groups excluding carboxylic acids is 1. The van der Waals surface area contributed by atoms with E-state index in [0.717, 1.165) is 16.9 Å². The SMILES string of the molecule is CS(=O)(=O)c1ccc(CNC(=O)C2Cc3ccccc3O2)cc1. The van der Waals surface area contributed by atoms with Crippen LogP contribution in [0.5, 0.6) is 5.75 Å². The Morgan fingerprint density at radius 2 is 1.87 bits per heavy atom. The van der Waals surface area contributed by atoms with Gasteiger partial charge in [-0.1, -0.05) is 30.3 Å². The number of amides is 1. The number of rotatable bonds is 4. The van der Waals surface area contributed by atoms with Gasteiger partial charge < -0.3 is 10.1 Å². The molecule has 23 heavy (non-hydrogen) atoms. The molecule has 0 saturated heterocycles. The molecule has 0 fully saturated rings. The number of nitrogens with one attached hydrogen (secondary N) is 1. The third kappa shape index (κ3) is 3.53. The van der Waals surface area contributed by atoms with Crippen LogP contribution in [0.25, 0.3) is 0 Å². The van der Waals surface area contributed by atoms with Crippen molar-refractivity contribution in [3.63, 3.8) is 0 Å². The minimum atomic E-state index is -3.20. The average molecular weight is 331 g/mol. The van der Waals surface area contributed by atoms with E-state index in [4.69, 9.17) is 4.74 Å². The molecule has 1 N–H and O–H groups in total. The van der Waals surface area contributed by atoms with Crippen molar-refractivity contribution in [3.05, 3.63) is 59.7 Å². The molecule has 5 nitrogen and oxygen atoms in total. The molecule has 0 aliphatic carbocycles. The van der Waals surface area contributed by atoms with Crippen LogP contribution in [-0.4, -0.2) is 26.7 Å². The standard InChI is InChI=1S/C17H17NO4S/c1-23(20,21)14-8-6-12(7-9-14)11-18-17(19)16-10-13-4-2-3-5-15(13)22-16/h2-9,16H,10-11H2,1H3,(H,18,19). The third-order valence-corrected chi connectivity index (χ3v) is 4.89. The van der Waals surface area contributed by atoms with Gasteiger partial charge in [-0.25, -0.2) is 8.42 Å². The van der Waals surface area contributed by atoms with Crippen LogP contribution >= 0.6 is 0 Å². The normalized spacial score (nSPS) is 16.5. The molecule has 0 radical (unpaired) electrons. The second kappa shape index (κ2) is 6.04. The Hall–Kier alpha value is -2.34. The Morgan fingerprint density at radius 1 is 1.17 bits per heavy atom. The van der Waals surface area contributed by atoms with Crippen LogP contribution in [0.15, 0.2) is 53.4 Å². The van der Waals surface area contributed by atoms with Crippen molar-refractivity contribution in [3.8, 4) is 5.75 Å². The molecule has 0 spiro atoms. The first-order valence-corrected chi connectivity index (χ1v) is 9.14. The summed E-state index contributed by atoms with van der Waals surface area (Å²) < 4.78 is 28.4. The zero-order chi connectivity index (χ0) is 16.4. The quantitative estimate of drug-likeness (QED) is 0.926. The summed E-state index contributed by atoms with van der Waals surface area (Å²) >= 11 is 0. The second-order valence-electron chi connectivity index (χ2n) is 5.55. The minimum Gasteiger partial charge on any atom is -0.480 e. The van der Waals surface area contributed by atoms with Gasteiger partial charge in [-0.2, -0.15) is 0 Å². The maximum absolute atomic E-state index is 12.2. The van der Waals surface area contributed by atoms with E-state index in [1.54, 1.807) is 24.3 Å². The number of para-hydroxylation sites is 1. The highest BCUT2D eigenvalue weighted by molar-refractivity contribution is 7.90. The van der Waals surface area contributed by atoms with E-state index in [1.807, 2.05) is 24.3 Å². The fourth-order valence-corrected chi connectivity index (χ4v) is 3.12. The third-order valence-electron chi connectivity index (χ3n) is 3.76. The number of benzene rings is 2. The summed E-state index contributed by atoms with van der Waals surface area (Å²) in [5, 5.41) is 2.82. The summed E-state index contributed by atoms with van der Waals surface area (Å²) in [5.74, 6) is 0.582. The van der Waals surface area contributed by atoms with Gasteiger partial charge in [-0.3, -0.25) is 4.79 Å². The molecule has 6 heteroatoms. The van der Waals surface area contributed by atoms with Crippen LogP contribution in [-0.2, 0) is 27.6 Å². The molecule has 1 aliphatic rings. The average Bonchev–Trinajstić information content (AvgIpc) is 2.96. The molecule has 1 aliphatic heterocycles. The van der Waals surface area contributed by atoms with E-state index < -0.39 is 15.9 Å². The van der Waals surface area contributed by atoms with Crippen molar-refractivity contribution in [2.75, 3.05) is 6.26 Å². The van der Waals surface area contributed by atoms with Gasteiger partial charge in [0.1, 0.15) is 5.75 Å². The summed E-state index contributed by atoms with van der Waals surface area (Å²) in [4.78, 5) is 12.4. The van der Waals surface area contributed by atoms with E-state index in [9.17, 15) is 13.2 Å². The smallest absolute Gasteiger partial charge is 0.261 e. The summed E-state index contributed by atoms with van der Waals surface area (Å²) in [6.45, 7) is 0.332. The van der Waals surface area contributed by atoms with Gasteiger partial charge in [-0.05, 0) is 29.3 Å². The first kappa shape index (κ1) is 15.6. The maximum Gasteiger partial charge on any atom is 0.261 e. The Bertz CT molecular complexity index is 803. The van der Waals surface area contributed by atoms with Crippen LogP contribution in [0.4, 0.5) is 0 Å². The Morgan fingerprint density at radius 3 is 2.52 bits per heavy atom. The topological polar surface area (TPSA) is 72.5 Å². The molecule has 0 bridgehead atoms. The van der Waals surface area contributed by atoms with Crippen LogP contribution in [0.1, 0.15) is 11.1 Å². The van der Waals surface area contributed by atoms with Gasteiger partial charge in [-0.15, -0.1) is 0 Å². The molecule has 2 aromatic rings. The van der Waals surface area contributed by atoms with Crippen molar-refractivity contribution in [2.45, 2.75) is 24.0 Å². The van der Waals surface area contributed by atoms with E-state index in [1.165, 1.54) is 6.26 Å². The van der Waals surface area contributed by atoms with Gasteiger partial charge in [0.05, 0.1) is 4.90 Å². The molecular formula is C17H17NO4S. The Balaban J connectivity index is 1.58. The fourth-order valence-electron chi connectivity index (χ4n) is 2.49. The molecule has 1 unspecified atom stereocenters. The first-order chi connectivity index (χ1) is 10.9. The molecule has 1 heterocycles. The van der Waals surface area contributed by atoms with Crippen LogP contribution in [0, 0.1) is 0 Å². The van der Waals surface area contributed by atoms with E-state index in [0.29, 0.717) is 13.0 Å². The Kier molecular flexibility index (Phi) is 4.09. The van der Waals surface area contributed by atoms with Gasteiger partial charge in [0.2, 0.25) is 0 Å². The molecular weight excluding hydrogens is 314 g/mol. The highest BCUT2D eigenvalue weighted by Crippen LogP contribution is 2.28. The molecule has 0 saturated carbocycles. The molecule has 1 atom stereocenters. The number of sulfone groups is 1. The van der Waals surface area contributed by atoms with Gasteiger partial charge in [0.25, 0.3) is 5.91 Å². The van der Waals surface area contributed by atoms with Gasteiger partial charge in [0, 0.05) is 19.2 Å². The van der Waals surface area contributed by atoms with E-state index in [2.05, 4.69) is 5.32 Å². The number of carbonyl (C=O) groups is 1. The zero-order valence-electron chi connectivity index (χ0n) is 12.7. The lowest BCUT2D eigenvalue weighted by molar-refractivity contribution is -0.127. The van der Waals surface area contributed by atoms with Crippen molar-refractivity contribution < 1.29 is 17.9 Å². The molecule has 0 aromatic heterocycles. The molecule has 2 aromatic carbocycles. The van der Waals surface area contributed by atoms with Crippen LogP contribution in [0.2, 0.25) is 0 Å². The number of hydrogen-bond donors (Lipinski definition) is 1. The summed E-state index contributed by atoms with van der Waals surface area (Å²) in [6.07, 6.45) is 1.22. The van der Waals surface area contributed by atoms with E-state index in [-0.39, 0.29) is 10.8 Å². The lowest BCUT2D eigenvalue weighted by Gasteiger charge is -2.11. The molecule has 1 amide bonds. The van der Waals surface area contributed by atoms with Crippen LogP contribution in [0.3, 0.4) is 0 Å². The van der Waals surface area contributed by atoms with Crippen molar-refractivity contribution in [2.24, 2.45) is 0 Å². The summed E-state index contributed by atoms with van der Waals surface area (Å²) in [7, 11) is -3.20. The number of ether oxygens (including phenoxy) is 1. The van der Waals surface area contributed by atoms with Crippen LogP contribution < -0.4 is 10.1 Å². The lowest BCUT2D eigenvalue weighted by Crippen LogP contribution is -2.37. The molecule has 120 valence electrons. The minimum absolute atomic E-state index is 0.173. The van der Waals surface area contributed by atoms with E-state index >= 15 is 0 Å². The zero-order valence-corrected chi connectivity index (χ0v) is 13.5. The maximum atomic E-state index is 12.2.